The lowest BCUT2D eigenvalue weighted by molar-refractivity contribution is -0.0384. The Morgan fingerprint density at radius 1 is 1.18 bits per heavy atom. The third-order valence-electron chi connectivity index (χ3n) is 5.44. The van der Waals surface area contributed by atoms with Crippen LogP contribution in [-0.4, -0.2) is 56.8 Å². The molecule has 2 aliphatic heterocycles. The fraction of sp³-hybridized carbons (Fsp3) is 0.526. The molecule has 0 spiro atoms. The van der Waals surface area contributed by atoms with Gasteiger partial charge in [-0.3, -0.25) is 0 Å². The first-order valence-electron chi connectivity index (χ1n) is 9.76. The summed E-state index contributed by atoms with van der Waals surface area (Å²) in [7, 11) is 0. The minimum Gasteiger partial charge on any atom is -0.377 e. The van der Waals surface area contributed by atoms with Crippen molar-refractivity contribution in [3.05, 3.63) is 29.0 Å². The zero-order valence-corrected chi connectivity index (χ0v) is 17.4. The van der Waals surface area contributed by atoms with Crippen LogP contribution in [0.4, 0.5) is 5.82 Å². The smallest absolute Gasteiger partial charge is 0.172 e. The summed E-state index contributed by atoms with van der Waals surface area (Å²) in [5.74, 6) is 0.928. The van der Waals surface area contributed by atoms with Crippen molar-refractivity contribution in [3.63, 3.8) is 0 Å². The van der Waals surface area contributed by atoms with Crippen molar-refractivity contribution < 1.29 is 9.47 Å². The molecule has 9 heteroatoms. The van der Waals surface area contributed by atoms with Crippen molar-refractivity contribution in [1.82, 2.24) is 24.4 Å². The van der Waals surface area contributed by atoms with Crippen molar-refractivity contribution in [2.45, 2.75) is 38.5 Å². The van der Waals surface area contributed by atoms with E-state index in [0.29, 0.717) is 13.2 Å². The molecule has 0 N–H and O–H groups in total. The van der Waals surface area contributed by atoms with Gasteiger partial charge in [-0.2, -0.15) is 10.2 Å². The van der Waals surface area contributed by atoms with Crippen LogP contribution >= 0.6 is 15.9 Å². The monoisotopic (exact) mass is 446 g/mol. The van der Waals surface area contributed by atoms with Gasteiger partial charge in [0, 0.05) is 25.4 Å². The van der Waals surface area contributed by atoms with Crippen LogP contribution < -0.4 is 4.90 Å². The van der Waals surface area contributed by atoms with E-state index in [-0.39, 0.29) is 12.3 Å². The van der Waals surface area contributed by atoms with E-state index in [0.717, 1.165) is 59.7 Å². The molecule has 5 rings (SSSR count). The number of aromatic nitrogens is 5. The number of anilines is 1. The van der Waals surface area contributed by atoms with Gasteiger partial charge in [0.05, 0.1) is 41.3 Å². The maximum Gasteiger partial charge on any atom is 0.172 e. The van der Waals surface area contributed by atoms with Gasteiger partial charge in [0.2, 0.25) is 0 Å². The summed E-state index contributed by atoms with van der Waals surface area (Å²) in [5, 5.41) is 9.12. The highest BCUT2D eigenvalue weighted by molar-refractivity contribution is 9.10. The molecular weight excluding hydrogens is 424 g/mol. The molecule has 0 bridgehead atoms. The summed E-state index contributed by atoms with van der Waals surface area (Å²) in [6.07, 6.45) is 6.81. The molecule has 0 radical (unpaired) electrons. The summed E-state index contributed by atoms with van der Waals surface area (Å²) in [6, 6.07) is 4.39. The quantitative estimate of drug-likeness (QED) is 0.614. The van der Waals surface area contributed by atoms with Crippen LogP contribution in [0.1, 0.15) is 32.4 Å². The van der Waals surface area contributed by atoms with E-state index in [4.69, 9.17) is 14.5 Å². The number of hydrogen-bond acceptors (Lipinski definition) is 6. The number of ether oxygens (including phenoxy) is 2. The molecule has 3 aromatic heterocycles. The second kappa shape index (κ2) is 7.46. The first-order chi connectivity index (χ1) is 13.7. The van der Waals surface area contributed by atoms with Crippen molar-refractivity contribution in [3.8, 4) is 11.4 Å². The first kappa shape index (κ1) is 18.1. The Bertz CT molecular complexity index is 980. The summed E-state index contributed by atoms with van der Waals surface area (Å²) in [4.78, 5) is 7.18. The predicted octanol–water partition coefficient (Wildman–Crippen LogP) is 3.28. The van der Waals surface area contributed by atoms with E-state index < -0.39 is 0 Å². The van der Waals surface area contributed by atoms with Crippen LogP contribution in [0.5, 0.6) is 0 Å². The topological polar surface area (TPSA) is 69.7 Å². The molecule has 0 aliphatic carbocycles. The van der Waals surface area contributed by atoms with E-state index in [1.165, 1.54) is 0 Å². The molecule has 0 amide bonds. The minimum atomic E-state index is -0.0354. The number of nitrogens with zero attached hydrogens (tertiary/aromatic N) is 6. The Morgan fingerprint density at radius 2 is 2.11 bits per heavy atom. The third kappa shape index (κ3) is 3.11. The van der Waals surface area contributed by atoms with Gasteiger partial charge < -0.3 is 14.4 Å². The van der Waals surface area contributed by atoms with Gasteiger partial charge in [-0.05, 0) is 48.2 Å². The lowest BCUT2D eigenvalue weighted by Crippen LogP contribution is -2.44. The molecule has 5 heterocycles. The van der Waals surface area contributed by atoms with Crippen LogP contribution in [0.2, 0.25) is 0 Å². The molecule has 148 valence electrons. The number of halogens is 1. The van der Waals surface area contributed by atoms with Gasteiger partial charge in [0.1, 0.15) is 5.82 Å². The van der Waals surface area contributed by atoms with Gasteiger partial charge in [-0.15, -0.1) is 0 Å². The van der Waals surface area contributed by atoms with Crippen molar-refractivity contribution in [2.24, 2.45) is 0 Å². The van der Waals surface area contributed by atoms with E-state index >= 15 is 0 Å². The molecule has 2 aliphatic rings. The van der Waals surface area contributed by atoms with E-state index in [1.54, 1.807) is 6.20 Å². The standard InChI is InChI=1S/C19H23BrN6O2/c1-13-12-27-9-7-24(13)17-10-16(26-19(23-17)14(20)11-22-26)15-5-6-21-25(15)18-4-2-3-8-28-18/h5-6,10-11,13,18H,2-4,7-9,12H2,1H3/t13-,18?/m1/s1. The summed E-state index contributed by atoms with van der Waals surface area (Å²) < 4.78 is 16.3. The average molecular weight is 447 g/mol. The number of hydrogen-bond donors (Lipinski definition) is 0. The summed E-state index contributed by atoms with van der Waals surface area (Å²) in [6.45, 7) is 5.17. The predicted molar refractivity (Wildman–Crippen MR) is 108 cm³/mol. The number of morpholine rings is 1. The largest absolute Gasteiger partial charge is 0.377 e. The van der Waals surface area contributed by atoms with Crippen molar-refractivity contribution >= 4 is 27.4 Å². The van der Waals surface area contributed by atoms with Crippen molar-refractivity contribution in [2.75, 3.05) is 31.3 Å². The molecular formula is C19H23BrN6O2. The minimum absolute atomic E-state index is 0.0354. The highest BCUT2D eigenvalue weighted by atomic mass is 79.9. The zero-order valence-electron chi connectivity index (χ0n) is 15.8. The summed E-state index contributed by atoms with van der Waals surface area (Å²) in [5.41, 5.74) is 2.73. The Kier molecular flexibility index (Phi) is 4.82. The Balaban J connectivity index is 1.64. The SMILES string of the molecule is C[C@@H]1COCCN1c1cc(-c2ccnn2C2CCCCO2)n2ncc(Br)c2n1. The van der Waals surface area contributed by atoms with Crippen LogP contribution in [0.25, 0.3) is 17.0 Å². The highest BCUT2D eigenvalue weighted by Crippen LogP contribution is 2.32. The molecule has 2 saturated heterocycles. The molecule has 28 heavy (non-hydrogen) atoms. The second-order valence-electron chi connectivity index (χ2n) is 7.33. The summed E-state index contributed by atoms with van der Waals surface area (Å²) >= 11 is 3.60. The van der Waals surface area contributed by atoms with Gasteiger partial charge in [0.15, 0.2) is 11.9 Å². The van der Waals surface area contributed by atoms with Crippen LogP contribution in [-0.2, 0) is 9.47 Å². The maximum absolute atomic E-state index is 5.98. The number of rotatable bonds is 3. The Morgan fingerprint density at radius 3 is 2.93 bits per heavy atom. The van der Waals surface area contributed by atoms with Gasteiger partial charge >= 0.3 is 0 Å². The molecule has 2 atom stereocenters. The van der Waals surface area contributed by atoms with Crippen LogP contribution in [0.3, 0.4) is 0 Å². The van der Waals surface area contributed by atoms with E-state index in [9.17, 15) is 0 Å². The lowest BCUT2D eigenvalue weighted by atomic mass is 10.2. The maximum atomic E-state index is 5.98. The Hall–Kier alpha value is -1.97. The Labute approximate surface area is 171 Å². The molecule has 0 aromatic carbocycles. The van der Waals surface area contributed by atoms with Crippen LogP contribution in [0, 0.1) is 0 Å². The normalized spacial score (nSPS) is 23.4. The lowest BCUT2D eigenvalue weighted by Gasteiger charge is -2.34. The third-order valence-corrected chi connectivity index (χ3v) is 6.00. The zero-order chi connectivity index (χ0) is 19.1. The molecule has 0 saturated carbocycles. The van der Waals surface area contributed by atoms with E-state index in [2.05, 4.69) is 44.0 Å². The highest BCUT2D eigenvalue weighted by Gasteiger charge is 2.25. The molecule has 1 unspecified atom stereocenters. The van der Waals surface area contributed by atoms with Crippen LogP contribution in [0.15, 0.2) is 29.0 Å². The molecule has 8 nitrogen and oxygen atoms in total. The fourth-order valence-corrected chi connectivity index (χ4v) is 4.33. The molecule has 2 fully saturated rings. The van der Waals surface area contributed by atoms with E-state index in [1.807, 2.05) is 21.5 Å². The van der Waals surface area contributed by atoms with Gasteiger partial charge in [0.25, 0.3) is 0 Å². The fourth-order valence-electron chi connectivity index (χ4n) is 3.98. The average Bonchev–Trinajstić information content (AvgIpc) is 3.36. The first-order valence-corrected chi connectivity index (χ1v) is 10.6. The second-order valence-corrected chi connectivity index (χ2v) is 8.18. The molecule has 3 aromatic rings. The van der Waals surface area contributed by atoms with Gasteiger partial charge in [-0.25, -0.2) is 14.2 Å². The van der Waals surface area contributed by atoms with Gasteiger partial charge in [-0.1, -0.05) is 0 Å². The van der Waals surface area contributed by atoms with Crippen molar-refractivity contribution in [1.29, 1.82) is 0 Å². The number of fused-ring (bicyclic) bond motifs is 1.